The minimum Gasteiger partial charge on any atom is -0.383 e. The van der Waals surface area contributed by atoms with Gasteiger partial charge in [-0.1, -0.05) is 0 Å². The second-order valence-electron chi connectivity index (χ2n) is 5.45. The number of ether oxygens (including phenoxy) is 1. The number of thiazole rings is 1. The van der Waals surface area contributed by atoms with Crippen LogP contribution in [0, 0.1) is 0 Å². The van der Waals surface area contributed by atoms with E-state index in [0.717, 1.165) is 24.8 Å². The third-order valence-electron chi connectivity index (χ3n) is 3.53. The summed E-state index contributed by atoms with van der Waals surface area (Å²) in [6.07, 6.45) is 2.61. The van der Waals surface area contributed by atoms with Crippen LogP contribution < -0.4 is 10.2 Å². The summed E-state index contributed by atoms with van der Waals surface area (Å²) in [7, 11) is 3.86. The first-order chi connectivity index (χ1) is 9.13. The highest BCUT2D eigenvalue weighted by Gasteiger charge is 2.30. The third kappa shape index (κ3) is 3.91. The van der Waals surface area contributed by atoms with Crippen molar-refractivity contribution >= 4 is 16.5 Å². The highest BCUT2D eigenvalue weighted by molar-refractivity contribution is 7.15. The van der Waals surface area contributed by atoms with Crippen molar-refractivity contribution in [3.05, 3.63) is 10.6 Å². The smallest absolute Gasteiger partial charge is 0.185 e. The third-order valence-corrected chi connectivity index (χ3v) is 4.69. The monoisotopic (exact) mass is 283 g/mol. The number of nitrogens with zero attached hydrogens (tertiary/aromatic N) is 2. The predicted octanol–water partition coefficient (Wildman–Crippen LogP) is 2.60. The van der Waals surface area contributed by atoms with Crippen LogP contribution in [0.3, 0.4) is 0 Å². The first-order valence-corrected chi connectivity index (χ1v) is 7.87. The van der Waals surface area contributed by atoms with Crippen molar-refractivity contribution in [2.75, 3.05) is 32.2 Å². The molecule has 0 bridgehead atoms. The molecule has 1 aliphatic rings. The van der Waals surface area contributed by atoms with Gasteiger partial charge in [-0.2, -0.15) is 0 Å². The fraction of sp³-hybridized carbons (Fsp3) is 0.786. The van der Waals surface area contributed by atoms with E-state index in [9.17, 15) is 0 Å². The van der Waals surface area contributed by atoms with E-state index < -0.39 is 0 Å². The van der Waals surface area contributed by atoms with E-state index in [1.54, 1.807) is 7.11 Å². The molecule has 0 atom stereocenters. The van der Waals surface area contributed by atoms with Gasteiger partial charge in [-0.05, 0) is 26.7 Å². The zero-order valence-corrected chi connectivity index (χ0v) is 13.2. The molecule has 4 nitrogen and oxygen atoms in total. The molecule has 0 aromatic carbocycles. The molecule has 0 aliphatic heterocycles. The molecular formula is C14H25N3OS. The molecule has 0 radical (unpaired) electrons. The number of nitrogens with one attached hydrogen (secondary N) is 1. The highest BCUT2D eigenvalue weighted by atomic mass is 32.1. The van der Waals surface area contributed by atoms with Crippen LogP contribution in [-0.2, 0) is 11.3 Å². The molecule has 1 fully saturated rings. The molecule has 1 aliphatic carbocycles. The number of anilines is 1. The van der Waals surface area contributed by atoms with Gasteiger partial charge < -0.3 is 15.0 Å². The minimum absolute atomic E-state index is 0.493. The predicted molar refractivity (Wildman–Crippen MR) is 81.2 cm³/mol. The van der Waals surface area contributed by atoms with Crippen LogP contribution in [0.2, 0.25) is 0 Å². The Bertz CT molecular complexity index is 401. The molecule has 0 amide bonds. The largest absolute Gasteiger partial charge is 0.383 e. The van der Waals surface area contributed by atoms with Gasteiger partial charge in [-0.25, -0.2) is 4.98 Å². The SMILES string of the molecule is COCCNCc1sc(N(C)C(C)C)nc1C1CC1. The van der Waals surface area contributed by atoms with Gasteiger partial charge in [0.25, 0.3) is 0 Å². The zero-order valence-electron chi connectivity index (χ0n) is 12.4. The molecule has 1 N–H and O–H groups in total. The van der Waals surface area contributed by atoms with Crippen LogP contribution >= 0.6 is 11.3 Å². The average molecular weight is 283 g/mol. The van der Waals surface area contributed by atoms with Crippen LogP contribution in [0.5, 0.6) is 0 Å². The Hall–Kier alpha value is -0.650. The Morgan fingerprint density at radius 3 is 2.79 bits per heavy atom. The normalized spacial score (nSPS) is 15.2. The highest BCUT2D eigenvalue weighted by Crippen LogP contribution is 2.44. The number of methoxy groups -OCH3 is 1. The maximum Gasteiger partial charge on any atom is 0.185 e. The molecule has 0 spiro atoms. The lowest BCUT2D eigenvalue weighted by molar-refractivity contribution is 0.199. The van der Waals surface area contributed by atoms with E-state index in [1.165, 1.54) is 23.4 Å². The molecule has 1 saturated carbocycles. The fourth-order valence-electron chi connectivity index (χ4n) is 1.90. The summed E-state index contributed by atoms with van der Waals surface area (Å²) in [4.78, 5) is 8.53. The Kier molecular flexibility index (Phi) is 5.19. The summed E-state index contributed by atoms with van der Waals surface area (Å²) in [6, 6.07) is 0.493. The Morgan fingerprint density at radius 1 is 1.47 bits per heavy atom. The van der Waals surface area contributed by atoms with Gasteiger partial charge in [0, 0.05) is 44.1 Å². The van der Waals surface area contributed by atoms with Gasteiger partial charge in [0.2, 0.25) is 0 Å². The quantitative estimate of drug-likeness (QED) is 0.744. The van der Waals surface area contributed by atoms with Crippen molar-refractivity contribution in [2.24, 2.45) is 0 Å². The molecule has 108 valence electrons. The van der Waals surface area contributed by atoms with Gasteiger partial charge >= 0.3 is 0 Å². The van der Waals surface area contributed by atoms with Gasteiger partial charge in [0.15, 0.2) is 5.13 Å². The van der Waals surface area contributed by atoms with Crippen molar-refractivity contribution < 1.29 is 4.74 Å². The van der Waals surface area contributed by atoms with Crippen molar-refractivity contribution in [3.8, 4) is 0 Å². The van der Waals surface area contributed by atoms with Gasteiger partial charge in [-0.3, -0.25) is 0 Å². The molecule has 19 heavy (non-hydrogen) atoms. The van der Waals surface area contributed by atoms with E-state index in [-0.39, 0.29) is 0 Å². The van der Waals surface area contributed by atoms with Crippen LogP contribution in [0.1, 0.15) is 43.2 Å². The maximum absolute atomic E-state index is 5.06. The standard InChI is InChI=1S/C14H25N3OS/c1-10(2)17(3)14-16-13(11-5-6-11)12(19-14)9-15-7-8-18-4/h10-11,15H,5-9H2,1-4H3. The van der Waals surface area contributed by atoms with E-state index in [1.807, 2.05) is 11.3 Å². The van der Waals surface area contributed by atoms with E-state index >= 15 is 0 Å². The molecule has 0 unspecified atom stereocenters. The number of hydrogen-bond acceptors (Lipinski definition) is 5. The lowest BCUT2D eigenvalue weighted by Crippen LogP contribution is -2.25. The summed E-state index contributed by atoms with van der Waals surface area (Å²) < 4.78 is 5.06. The van der Waals surface area contributed by atoms with Crippen molar-refractivity contribution in [2.45, 2.75) is 45.2 Å². The summed E-state index contributed by atoms with van der Waals surface area (Å²) in [5.41, 5.74) is 1.33. The summed E-state index contributed by atoms with van der Waals surface area (Å²) in [5, 5.41) is 4.59. The number of rotatable bonds is 8. The molecule has 1 aromatic heterocycles. The molecule has 5 heteroatoms. The average Bonchev–Trinajstić information content (AvgIpc) is 3.14. The van der Waals surface area contributed by atoms with Crippen molar-refractivity contribution in [1.82, 2.24) is 10.3 Å². The Labute approximate surface area is 120 Å². The number of hydrogen-bond donors (Lipinski definition) is 1. The Morgan fingerprint density at radius 2 is 2.21 bits per heavy atom. The topological polar surface area (TPSA) is 37.4 Å². The van der Waals surface area contributed by atoms with Crippen LogP contribution in [0.4, 0.5) is 5.13 Å². The van der Waals surface area contributed by atoms with Crippen LogP contribution in [0.25, 0.3) is 0 Å². The summed E-state index contributed by atoms with van der Waals surface area (Å²) >= 11 is 1.83. The van der Waals surface area contributed by atoms with Gasteiger partial charge in [0.05, 0.1) is 12.3 Å². The zero-order chi connectivity index (χ0) is 13.8. The summed E-state index contributed by atoms with van der Waals surface area (Å²) in [6.45, 7) is 6.98. The lowest BCUT2D eigenvalue weighted by atomic mass is 10.2. The molecular weight excluding hydrogens is 258 g/mol. The second kappa shape index (κ2) is 6.68. The molecule has 1 aromatic rings. The Balaban J connectivity index is 2.03. The van der Waals surface area contributed by atoms with Gasteiger partial charge in [0.1, 0.15) is 0 Å². The second-order valence-corrected chi connectivity index (χ2v) is 6.52. The van der Waals surface area contributed by atoms with E-state index in [2.05, 4.69) is 31.1 Å². The summed E-state index contributed by atoms with van der Waals surface area (Å²) in [5.74, 6) is 0.713. The van der Waals surface area contributed by atoms with Crippen molar-refractivity contribution in [3.63, 3.8) is 0 Å². The lowest BCUT2D eigenvalue weighted by Gasteiger charge is -2.19. The number of aromatic nitrogens is 1. The molecule has 1 heterocycles. The van der Waals surface area contributed by atoms with Crippen LogP contribution in [0.15, 0.2) is 0 Å². The van der Waals surface area contributed by atoms with Crippen molar-refractivity contribution in [1.29, 1.82) is 0 Å². The fourth-order valence-corrected chi connectivity index (χ4v) is 3.11. The van der Waals surface area contributed by atoms with E-state index in [4.69, 9.17) is 9.72 Å². The van der Waals surface area contributed by atoms with E-state index in [0.29, 0.717) is 12.0 Å². The molecule has 2 rings (SSSR count). The maximum atomic E-state index is 5.06. The first-order valence-electron chi connectivity index (χ1n) is 7.05. The minimum atomic E-state index is 0.493. The van der Waals surface area contributed by atoms with Crippen LogP contribution in [-0.4, -0.2) is 38.3 Å². The first kappa shape index (κ1) is 14.8. The van der Waals surface area contributed by atoms with Gasteiger partial charge in [-0.15, -0.1) is 11.3 Å². The molecule has 0 saturated heterocycles.